The maximum atomic E-state index is 13.1. The van der Waals surface area contributed by atoms with Crippen LogP contribution in [0, 0.1) is 11.6 Å². The first-order valence-corrected chi connectivity index (χ1v) is 5.37. The van der Waals surface area contributed by atoms with Crippen LogP contribution in [0.3, 0.4) is 0 Å². The number of halogens is 3. The number of rotatable bonds is 4. The highest BCUT2D eigenvalue weighted by Crippen LogP contribution is 2.15. The predicted molar refractivity (Wildman–Crippen MR) is 59.6 cm³/mol. The molecule has 0 aliphatic heterocycles. The Labute approximate surface area is 99.9 Å². The SMILES string of the molecule is COC(=O)C(Br)CNc1ccc(F)cc1F. The van der Waals surface area contributed by atoms with Gasteiger partial charge in [-0.05, 0) is 12.1 Å². The molecule has 16 heavy (non-hydrogen) atoms. The van der Waals surface area contributed by atoms with E-state index in [0.29, 0.717) is 0 Å². The summed E-state index contributed by atoms with van der Waals surface area (Å²) in [6, 6.07) is 3.16. The van der Waals surface area contributed by atoms with Gasteiger partial charge in [-0.2, -0.15) is 0 Å². The Morgan fingerprint density at radius 1 is 1.56 bits per heavy atom. The Bertz CT molecular complexity index is 387. The van der Waals surface area contributed by atoms with E-state index < -0.39 is 22.4 Å². The summed E-state index contributed by atoms with van der Waals surface area (Å²) < 4.78 is 30.2. The maximum Gasteiger partial charge on any atom is 0.321 e. The molecule has 1 atom stereocenters. The molecule has 0 spiro atoms. The predicted octanol–water partition coefficient (Wildman–Crippen LogP) is 2.31. The van der Waals surface area contributed by atoms with E-state index in [1.54, 1.807) is 0 Å². The first-order valence-electron chi connectivity index (χ1n) is 4.45. The van der Waals surface area contributed by atoms with E-state index in [1.165, 1.54) is 13.2 Å². The third-order valence-electron chi connectivity index (χ3n) is 1.86. The van der Waals surface area contributed by atoms with Crippen molar-refractivity contribution < 1.29 is 18.3 Å². The maximum absolute atomic E-state index is 13.1. The van der Waals surface area contributed by atoms with Crippen molar-refractivity contribution in [1.29, 1.82) is 0 Å². The van der Waals surface area contributed by atoms with Crippen LogP contribution in [0.15, 0.2) is 18.2 Å². The highest BCUT2D eigenvalue weighted by molar-refractivity contribution is 9.10. The van der Waals surface area contributed by atoms with E-state index in [4.69, 9.17) is 0 Å². The third-order valence-corrected chi connectivity index (χ3v) is 2.56. The fourth-order valence-corrected chi connectivity index (χ4v) is 1.39. The number of carbonyl (C=O) groups is 1. The molecule has 0 bridgehead atoms. The zero-order valence-corrected chi connectivity index (χ0v) is 10.1. The smallest absolute Gasteiger partial charge is 0.321 e. The van der Waals surface area contributed by atoms with Gasteiger partial charge in [0.25, 0.3) is 0 Å². The van der Waals surface area contributed by atoms with E-state index in [0.717, 1.165) is 12.1 Å². The van der Waals surface area contributed by atoms with Gasteiger partial charge in [-0.15, -0.1) is 0 Å². The number of anilines is 1. The molecule has 0 aliphatic carbocycles. The summed E-state index contributed by atoms with van der Waals surface area (Å²) in [5, 5.41) is 2.67. The van der Waals surface area contributed by atoms with E-state index in [-0.39, 0.29) is 12.2 Å². The zero-order chi connectivity index (χ0) is 12.1. The Balaban J connectivity index is 2.58. The summed E-state index contributed by atoms with van der Waals surface area (Å²) in [4.78, 5) is 10.4. The molecule has 0 amide bonds. The summed E-state index contributed by atoms with van der Waals surface area (Å²) in [6.45, 7) is 0.148. The van der Waals surface area contributed by atoms with Gasteiger partial charge >= 0.3 is 5.97 Å². The number of esters is 1. The highest BCUT2D eigenvalue weighted by atomic mass is 79.9. The molecule has 0 heterocycles. The van der Waals surface area contributed by atoms with Gasteiger partial charge in [0.05, 0.1) is 12.8 Å². The molecule has 1 aromatic carbocycles. The number of hydrogen-bond donors (Lipinski definition) is 1. The Morgan fingerprint density at radius 2 is 2.25 bits per heavy atom. The van der Waals surface area contributed by atoms with Crippen molar-refractivity contribution in [2.75, 3.05) is 19.0 Å². The zero-order valence-electron chi connectivity index (χ0n) is 8.47. The quantitative estimate of drug-likeness (QED) is 0.684. The van der Waals surface area contributed by atoms with Gasteiger partial charge in [-0.3, -0.25) is 4.79 Å². The minimum absolute atomic E-state index is 0.134. The minimum Gasteiger partial charge on any atom is -0.468 e. The molecule has 1 rings (SSSR count). The third kappa shape index (κ3) is 3.44. The fraction of sp³-hybridized carbons (Fsp3) is 0.300. The van der Waals surface area contributed by atoms with Crippen molar-refractivity contribution in [2.24, 2.45) is 0 Å². The molecular formula is C10H10BrF2NO2. The molecular weight excluding hydrogens is 284 g/mol. The molecule has 1 unspecified atom stereocenters. The molecule has 1 aromatic rings. The average molecular weight is 294 g/mol. The van der Waals surface area contributed by atoms with Crippen LogP contribution < -0.4 is 5.32 Å². The van der Waals surface area contributed by atoms with Crippen molar-refractivity contribution in [3.63, 3.8) is 0 Å². The fourth-order valence-electron chi connectivity index (χ4n) is 1.04. The number of ether oxygens (including phenoxy) is 1. The molecule has 3 nitrogen and oxygen atoms in total. The van der Waals surface area contributed by atoms with Gasteiger partial charge in [0.15, 0.2) is 0 Å². The normalized spacial score (nSPS) is 12.0. The number of nitrogens with one attached hydrogen (secondary N) is 1. The van der Waals surface area contributed by atoms with Crippen LogP contribution in [0.25, 0.3) is 0 Å². The van der Waals surface area contributed by atoms with E-state index in [2.05, 4.69) is 26.0 Å². The number of hydrogen-bond acceptors (Lipinski definition) is 3. The van der Waals surface area contributed by atoms with Crippen LogP contribution in [0.4, 0.5) is 14.5 Å². The summed E-state index contributed by atoms with van der Waals surface area (Å²) in [6.07, 6.45) is 0. The Hall–Kier alpha value is -1.17. The van der Waals surface area contributed by atoms with Crippen LogP contribution >= 0.6 is 15.9 Å². The van der Waals surface area contributed by atoms with E-state index >= 15 is 0 Å². The van der Waals surface area contributed by atoms with Crippen LogP contribution in [0.2, 0.25) is 0 Å². The summed E-state index contributed by atoms with van der Waals surface area (Å²) >= 11 is 3.07. The van der Waals surface area contributed by atoms with E-state index in [9.17, 15) is 13.6 Å². The van der Waals surface area contributed by atoms with Gasteiger partial charge in [0.1, 0.15) is 16.5 Å². The molecule has 0 fully saturated rings. The lowest BCUT2D eigenvalue weighted by atomic mass is 10.3. The minimum atomic E-state index is -0.704. The highest BCUT2D eigenvalue weighted by Gasteiger charge is 2.15. The van der Waals surface area contributed by atoms with Gasteiger partial charge < -0.3 is 10.1 Å². The van der Waals surface area contributed by atoms with Crippen molar-refractivity contribution in [3.05, 3.63) is 29.8 Å². The second-order valence-corrected chi connectivity index (χ2v) is 4.10. The molecule has 0 radical (unpaired) electrons. The van der Waals surface area contributed by atoms with Gasteiger partial charge in [0.2, 0.25) is 0 Å². The standard InChI is InChI=1S/C10H10BrF2NO2/c1-16-10(15)7(11)5-14-9-3-2-6(12)4-8(9)13/h2-4,7,14H,5H2,1H3. The second-order valence-electron chi connectivity index (χ2n) is 3.00. The monoisotopic (exact) mass is 293 g/mol. The van der Waals surface area contributed by atoms with Crippen LogP contribution in [-0.2, 0) is 9.53 Å². The first kappa shape index (κ1) is 12.9. The van der Waals surface area contributed by atoms with Crippen LogP contribution in [0.5, 0.6) is 0 Å². The lowest BCUT2D eigenvalue weighted by molar-refractivity contribution is -0.139. The van der Waals surface area contributed by atoms with Crippen molar-refractivity contribution in [2.45, 2.75) is 4.83 Å². The average Bonchev–Trinajstić information content (AvgIpc) is 2.26. The lowest BCUT2D eigenvalue weighted by Crippen LogP contribution is -2.24. The Morgan fingerprint density at radius 3 is 2.81 bits per heavy atom. The van der Waals surface area contributed by atoms with Gasteiger partial charge in [0, 0.05) is 12.6 Å². The summed E-state index contributed by atoms with van der Waals surface area (Å²) in [5.41, 5.74) is 0.134. The Kier molecular flexibility index (Phi) is 4.67. The van der Waals surface area contributed by atoms with Crippen molar-refractivity contribution in [1.82, 2.24) is 0 Å². The largest absolute Gasteiger partial charge is 0.468 e. The lowest BCUT2D eigenvalue weighted by Gasteiger charge is -2.10. The molecule has 88 valence electrons. The molecule has 6 heteroatoms. The van der Waals surface area contributed by atoms with Crippen molar-refractivity contribution in [3.8, 4) is 0 Å². The second kappa shape index (κ2) is 5.79. The van der Waals surface area contributed by atoms with Gasteiger partial charge in [-0.1, -0.05) is 15.9 Å². The summed E-state index contributed by atoms with van der Waals surface area (Å²) in [7, 11) is 1.26. The van der Waals surface area contributed by atoms with E-state index in [1.807, 2.05) is 0 Å². The van der Waals surface area contributed by atoms with Crippen molar-refractivity contribution >= 4 is 27.6 Å². The summed E-state index contributed by atoms with van der Waals surface area (Å²) in [5.74, 6) is -1.81. The molecule has 0 saturated heterocycles. The molecule has 0 aromatic heterocycles. The number of alkyl halides is 1. The number of carbonyl (C=O) groups excluding carboxylic acids is 1. The first-order chi connectivity index (χ1) is 7.54. The number of benzene rings is 1. The number of methoxy groups -OCH3 is 1. The molecule has 1 N–H and O–H groups in total. The topological polar surface area (TPSA) is 38.3 Å². The van der Waals surface area contributed by atoms with Crippen LogP contribution in [-0.4, -0.2) is 24.5 Å². The molecule has 0 saturated carbocycles. The van der Waals surface area contributed by atoms with Gasteiger partial charge in [-0.25, -0.2) is 8.78 Å². The van der Waals surface area contributed by atoms with Crippen LogP contribution in [0.1, 0.15) is 0 Å². The molecule has 0 aliphatic rings.